The van der Waals surface area contributed by atoms with Crippen molar-refractivity contribution in [1.29, 1.82) is 0 Å². The van der Waals surface area contributed by atoms with E-state index in [-0.39, 0.29) is 10.8 Å². The van der Waals surface area contributed by atoms with Gasteiger partial charge in [-0.15, -0.1) is 0 Å². The molecule has 0 fully saturated rings. The SMILES string of the molecule is CC(CCNCc1occc1C(=O)O)S(C)=O. The average Bonchev–Trinajstić information content (AvgIpc) is 2.72. The van der Waals surface area contributed by atoms with Crippen molar-refractivity contribution < 1.29 is 18.5 Å². The lowest BCUT2D eigenvalue weighted by Crippen LogP contribution is -2.21. The second-order valence-electron chi connectivity index (χ2n) is 3.84. The van der Waals surface area contributed by atoms with E-state index in [4.69, 9.17) is 9.52 Å². The van der Waals surface area contributed by atoms with Crippen LogP contribution in [0.5, 0.6) is 0 Å². The highest BCUT2D eigenvalue weighted by Crippen LogP contribution is 2.10. The molecule has 5 nitrogen and oxygen atoms in total. The third-order valence-electron chi connectivity index (χ3n) is 2.56. The van der Waals surface area contributed by atoms with Crippen molar-refractivity contribution in [3.05, 3.63) is 23.7 Å². The second kappa shape index (κ2) is 6.56. The molecule has 0 aliphatic carbocycles. The quantitative estimate of drug-likeness (QED) is 0.720. The van der Waals surface area contributed by atoms with Crippen LogP contribution in [0.15, 0.2) is 16.7 Å². The maximum atomic E-state index is 11.1. The topological polar surface area (TPSA) is 79.5 Å². The number of hydrogen-bond donors (Lipinski definition) is 2. The van der Waals surface area contributed by atoms with E-state index in [0.717, 1.165) is 6.42 Å². The summed E-state index contributed by atoms with van der Waals surface area (Å²) in [6, 6.07) is 1.43. The lowest BCUT2D eigenvalue weighted by molar-refractivity contribution is 0.0694. The highest BCUT2D eigenvalue weighted by atomic mass is 32.2. The summed E-state index contributed by atoms with van der Waals surface area (Å²) in [5.74, 6) is -0.568. The Labute approximate surface area is 103 Å². The Hall–Kier alpha value is -1.14. The van der Waals surface area contributed by atoms with Crippen LogP contribution >= 0.6 is 0 Å². The van der Waals surface area contributed by atoms with E-state index in [1.165, 1.54) is 12.3 Å². The molecule has 1 heterocycles. The summed E-state index contributed by atoms with van der Waals surface area (Å²) >= 11 is 0. The molecule has 6 heteroatoms. The Balaban J connectivity index is 2.34. The predicted octanol–water partition coefficient (Wildman–Crippen LogP) is 1.22. The van der Waals surface area contributed by atoms with Crippen LogP contribution in [0.3, 0.4) is 0 Å². The van der Waals surface area contributed by atoms with Gasteiger partial charge in [0.1, 0.15) is 11.3 Å². The molecule has 0 aromatic carbocycles. The predicted molar refractivity (Wildman–Crippen MR) is 65.5 cm³/mol. The van der Waals surface area contributed by atoms with Crippen molar-refractivity contribution in [2.75, 3.05) is 12.8 Å². The number of hydrogen-bond acceptors (Lipinski definition) is 4. The van der Waals surface area contributed by atoms with Crippen molar-refractivity contribution in [2.24, 2.45) is 0 Å². The van der Waals surface area contributed by atoms with E-state index in [2.05, 4.69) is 5.32 Å². The zero-order chi connectivity index (χ0) is 12.8. The van der Waals surface area contributed by atoms with E-state index in [9.17, 15) is 9.00 Å². The fourth-order valence-corrected chi connectivity index (χ4v) is 1.79. The van der Waals surface area contributed by atoms with Gasteiger partial charge in [0.05, 0.1) is 12.8 Å². The molecule has 0 aliphatic rings. The molecule has 0 spiro atoms. The van der Waals surface area contributed by atoms with Crippen LogP contribution in [0.25, 0.3) is 0 Å². The minimum Gasteiger partial charge on any atom is -0.478 e. The van der Waals surface area contributed by atoms with E-state index in [1.54, 1.807) is 6.26 Å². The van der Waals surface area contributed by atoms with Crippen LogP contribution in [-0.2, 0) is 17.3 Å². The van der Waals surface area contributed by atoms with Gasteiger partial charge in [-0.3, -0.25) is 4.21 Å². The first-order valence-corrected chi connectivity index (χ1v) is 6.97. The monoisotopic (exact) mass is 259 g/mol. The third kappa shape index (κ3) is 4.32. The Kier molecular flexibility index (Phi) is 5.37. The van der Waals surface area contributed by atoms with Crippen LogP contribution in [0.4, 0.5) is 0 Å². The zero-order valence-corrected chi connectivity index (χ0v) is 10.8. The summed E-state index contributed by atoms with van der Waals surface area (Å²) in [6.45, 7) is 2.98. The van der Waals surface area contributed by atoms with Crippen molar-refractivity contribution >= 4 is 16.8 Å². The minimum absolute atomic E-state index is 0.137. The summed E-state index contributed by atoms with van der Waals surface area (Å²) in [6.07, 6.45) is 3.83. The van der Waals surface area contributed by atoms with Gasteiger partial charge in [0, 0.05) is 22.3 Å². The van der Waals surface area contributed by atoms with Crippen LogP contribution < -0.4 is 5.32 Å². The number of aromatic carboxylic acids is 1. The number of carbonyl (C=O) groups is 1. The van der Waals surface area contributed by atoms with E-state index >= 15 is 0 Å². The normalized spacial score (nSPS) is 14.5. The maximum absolute atomic E-state index is 11.1. The summed E-state index contributed by atoms with van der Waals surface area (Å²) in [5.41, 5.74) is 0.185. The van der Waals surface area contributed by atoms with Crippen LogP contribution in [0.2, 0.25) is 0 Å². The molecule has 1 aromatic heterocycles. The fraction of sp³-hybridized carbons (Fsp3) is 0.545. The molecule has 1 rings (SSSR count). The van der Waals surface area contributed by atoms with Crippen LogP contribution in [0.1, 0.15) is 29.5 Å². The smallest absolute Gasteiger partial charge is 0.339 e. The number of carboxylic acid groups (broad SMARTS) is 1. The molecular formula is C11H17NO4S. The Morgan fingerprint density at radius 1 is 1.65 bits per heavy atom. The third-order valence-corrected chi connectivity index (χ3v) is 3.92. The molecule has 2 atom stereocenters. The molecule has 2 unspecified atom stereocenters. The summed E-state index contributed by atoms with van der Waals surface area (Å²) in [7, 11) is -0.820. The Bertz CT molecular complexity index is 402. The van der Waals surface area contributed by atoms with Crippen LogP contribution in [-0.4, -0.2) is 33.3 Å². The maximum Gasteiger partial charge on any atom is 0.339 e. The fourth-order valence-electron chi connectivity index (χ4n) is 1.34. The standard InChI is InChI=1S/C11H17NO4S/c1-8(17(2)15)3-5-12-7-10-9(11(13)14)4-6-16-10/h4,6,8,12H,3,5,7H2,1-2H3,(H,13,14). The van der Waals surface area contributed by atoms with E-state index in [1.807, 2.05) is 6.92 Å². The Morgan fingerprint density at radius 3 is 2.94 bits per heavy atom. The molecule has 0 saturated heterocycles. The molecule has 96 valence electrons. The number of furan rings is 1. The average molecular weight is 259 g/mol. The molecule has 0 bridgehead atoms. The summed E-state index contributed by atoms with van der Waals surface area (Å²) in [4.78, 5) is 10.8. The van der Waals surface area contributed by atoms with Gasteiger partial charge in [0.25, 0.3) is 0 Å². The summed E-state index contributed by atoms with van der Waals surface area (Å²) in [5, 5.41) is 12.1. The first-order chi connectivity index (χ1) is 8.02. The molecule has 0 saturated carbocycles. The highest BCUT2D eigenvalue weighted by molar-refractivity contribution is 7.84. The summed E-state index contributed by atoms with van der Waals surface area (Å²) < 4.78 is 16.2. The van der Waals surface area contributed by atoms with E-state index in [0.29, 0.717) is 18.8 Å². The lowest BCUT2D eigenvalue weighted by Gasteiger charge is -2.08. The zero-order valence-electron chi connectivity index (χ0n) is 9.93. The van der Waals surface area contributed by atoms with E-state index < -0.39 is 16.8 Å². The lowest BCUT2D eigenvalue weighted by atomic mass is 10.2. The largest absolute Gasteiger partial charge is 0.478 e. The molecule has 0 aliphatic heterocycles. The minimum atomic E-state index is -0.987. The van der Waals surface area contributed by atoms with Gasteiger partial charge in [0.2, 0.25) is 0 Å². The molecule has 0 amide bonds. The van der Waals surface area contributed by atoms with Gasteiger partial charge < -0.3 is 14.8 Å². The van der Waals surface area contributed by atoms with Gasteiger partial charge in [-0.05, 0) is 19.0 Å². The molecule has 0 radical (unpaired) electrons. The van der Waals surface area contributed by atoms with Gasteiger partial charge in [-0.2, -0.15) is 0 Å². The highest BCUT2D eigenvalue weighted by Gasteiger charge is 2.12. The Morgan fingerprint density at radius 2 is 2.35 bits per heavy atom. The number of rotatable bonds is 7. The van der Waals surface area contributed by atoms with Crippen molar-refractivity contribution in [1.82, 2.24) is 5.32 Å². The molecule has 17 heavy (non-hydrogen) atoms. The van der Waals surface area contributed by atoms with Crippen LogP contribution in [0, 0.1) is 0 Å². The second-order valence-corrected chi connectivity index (χ2v) is 5.64. The van der Waals surface area contributed by atoms with Crippen molar-refractivity contribution in [3.8, 4) is 0 Å². The molecule has 2 N–H and O–H groups in total. The number of carboxylic acids is 1. The van der Waals surface area contributed by atoms with Crippen molar-refractivity contribution in [2.45, 2.75) is 25.1 Å². The number of nitrogens with one attached hydrogen (secondary N) is 1. The van der Waals surface area contributed by atoms with Gasteiger partial charge >= 0.3 is 5.97 Å². The first-order valence-electron chi connectivity index (χ1n) is 5.35. The molecule has 1 aromatic rings. The van der Waals surface area contributed by atoms with Crippen molar-refractivity contribution in [3.63, 3.8) is 0 Å². The first kappa shape index (κ1) is 13.9. The molecular weight excluding hydrogens is 242 g/mol. The van der Waals surface area contributed by atoms with Gasteiger partial charge in [0.15, 0.2) is 0 Å². The van der Waals surface area contributed by atoms with Gasteiger partial charge in [-0.1, -0.05) is 6.92 Å². The van der Waals surface area contributed by atoms with Gasteiger partial charge in [-0.25, -0.2) is 4.79 Å².